The molecule has 1 fully saturated rings. The Labute approximate surface area is 128 Å². The molecule has 1 saturated carbocycles. The third-order valence-electron chi connectivity index (χ3n) is 5.36. The van der Waals surface area contributed by atoms with Crippen LogP contribution < -0.4 is 0 Å². The quantitative estimate of drug-likeness (QED) is 0.700. The van der Waals surface area contributed by atoms with Gasteiger partial charge in [0.15, 0.2) is 5.78 Å². The summed E-state index contributed by atoms with van der Waals surface area (Å²) < 4.78 is 4.25. The van der Waals surface area contributed by atoms with Gasteiger partial charge in [-0.05, 0) is 42.2 Å². The second-order valence-corrected chi connectivity index (χ2v) is 6.98. The van der Waals surface area contributed by atoms with Crippen molar-refractivity contribution >= 4 is 5.78 Å². The molecule has 21 heavy (non-hydrogen) atoms. The van der Waals surface area contributed by atoms with Gasteiger partial charge in [0.2, 0.25) is 0 Å². The highest BCUT2D eigenvalue weighted by atomic mass is 16.4. The Morgan fingerprint density at radius 3 is 2.62 bits per heavy atom. The van der Waals surface area contributed by atoms with Gasteiger partial charge in [-0.2, -0.15) is 0 Å². The molecule has 116 valence electrons. The lowest BCUT2D eigenvalue weighted by Crippen LogP contribution is -2.45. The zero-order valence-electron chi connectivity index (χ0n) is 14.0. The van der Waals surface area contributed by atoms with Crippen LogP contribution in [-0.4, -0.2) is 20.0 Å². The van der Waals surface area contributed by atoms with E-state index in [1.54, 1.807) is 14.2 Å². The largest absolute Gasteiger partial charge is 0.388 e. The molecule has 0 amide bonds. The first-order valence-electron chi connectivity index (χ1n) is 7.98. The summed E-state index contributed by atoms with van der Waals surface area (Å²) in [5, 5.41) is 0. The minimum absolute atomic E-state index is 0.231. The highest BCUT2D eigenvalue weighted by Crippen LogP contribution is 2.51. The molecule has 2 aliphatic carbocycles. The minimum Gasteiger partial charge on any atom is -0.388 e. The molecule has 0 saturated heterocycles. The van der Waals surface area contributed by atoms with Gasteiger partial charge in [-0.15, -0.1) is 0 Å². The predicted octanol–water partition coefficient (Wildman–Crippen LogP) is 4.54. The molecule has 0 radical (unpaired) electrons. The molecule has 3 atom stereocenters. The van der Waals surface area contributed by atoms with E-state index >= 15 is 0 Å². The lowest BCUT2D eigenvalue weighted by molar-refractivity contribution is 0.0756. The standard InChI is InChI=1S/C17H22O.C2H6O/c1-11-6-7-14-13(9-11)16(18)10-15-12(2)5-4-8-17(14,15)3;1-3-2/h6-7,9,12,15H,4-5,8,10H2,1-3H3;1-2H3/t12-,15?,17+;/m0./s1. The molecule has 0 spiro atoms. The number of hydrogen-bond acceptors (Lipinski definition) is 2. The van der Waals surface area contributed by atoms with E-state index in [9.17, 15) is 4.79 Å². The van der Waals surface area contributed by atoms with Crippen molar-refractivity contribution in [2.24, 2.45) is 11.8 Å². The van der Waals surface area contributed by atoms with Crippen LogP contribution in [0.2, 0.25) is 0 Å². The van der Waals surface area contributed by atoms with Crippen LogP contribution in [0.5, 0.6) is 0 Å². The van der Waals surface area contributed by atoms with Crippen molar-refractivity contribution in [2.45, 2.75) is 51.9 Å². The molecule has 0 N–H and O–H groups in total. The Morgan fingerprint density at radius 2 is 1.95 bits per heavy atom. The third-order valence-corrected chi connectivity index (χ3v) is 5.36. The van der Waals surface area contributed by atoms with Crippen molar-refractivity contribution in [3.05, 3.63) is 34.9 Å². The van der Waals surface area contributed by atoms with E-state index in [1.165, 1.54) is 30.4 Å². The summed E-state index contributed by atoms with van der Waals surface area (Å²) >= 11 is 0. The van der Waals surface area contributed by atoms with Gasteiger partial charge in [0, 0.05) is 26.2 Å². The van der Waals surface area contributed by atoms with E-state index in [2.05, 4.69) is 43.7 Å². The molecule has 1 aromatic carbocycles. The Kier molecular flexibility index (Phi) is 4.88. The summed E-state index contributed by atoms with van der Waals surface area (Å²) in [5.74, 6) is 1.60. The fraction of sp³-hybridized carbons (Fsp3) is 0.632. The van der Waals surface area contributed by atoms with Crippen LogP contribution in [0.15, 0.2) is 18.2 Å². The molecule has 3 rings (SSSR count). The van der Waals surface area contributed by atoms with Crippen LogP contribution in [0, 0.1) is 18.8 Å². The van der Waals surface area contributed by atoms with E-state index in [-0.39, 0.29) is 5.41 Å². The number of ketones is 1. The lowest BCUT2D eigenvalue weighted by atomic mass is 9.55. The average molecular weight is 288 g/mol. The third kappa shape index (κ3) is 2.91. The van der Waals surface area contributed by atoms with Gasteiger partial charge < -0.3 is 4.74 Å². The molecule has 2 aliphatic rings. The number of fused-ring (bicyclic) bond motifs is 3. The molecule has 0 bridgehead atoms. The van der Waals surface area contributed by atoms with Crippen molar-refractivity contribution < 1.29 is 9.53 Å². The Morgan fingerprint density at radius 1 is 1.29 bits per heavy atom. The lowest BCUT2D eigenvalue weighted by Gasteiger charge is -2.49. The van der Waals surface area contributed by atoms with E-state index in [1.807, 2.05) is 0 Å². The van der Waals surface area contributed by atoms with Gasteiger partial charge in [0.1, 0.15) is 0 Å². The molecule has 0 aromatic heterocycles. The highest BCUT2D eigenvalue weighted by Gasteiger charge is 2.47. The molecule has 0 heterocycles. The zero-order valence-corrected chi connectivity index (χ0v) is 14.0. The van der Waals surface area contributed by atoms with Gasteiger partial charge in [0.05, 0.1) is 0 Å². The van der Waals surface area contributed by atoms with Gasteiger partial charge >= 0.3 is 0 Å². The summed E-state index contributed by atoms with van der Waals surface area (Å²) in [5.41, 5.74) is 3.76. The van der Waals surface area contributed by atoms with E-state index in [0.29, 0.717) is 17.6 Å². The Hall–Kier alpha value is -1.15. The monoisotopic (exact) mass is 288 g/mol. The number of benzene rings is 1. The number of ether oxygens (including phenoxy) is 1. The Balaban J connectivity index is 0.000000497. The highest BCUT2D eigenvalue weighted by molar-refractivity contribution is 5.99. The van der Waals surface area contributed by atoms with Crippen LogP contribution in [0.3, 0.4) is 0 Å². The van der Waals surface area contributed by atoms with Crippen LogP contribution in [0.25, 0.3) is 0 Å². The van der Waals surface area contributed by atoms with Crippen LogP contribution in [0.4, 0.5) is 0 Å². The van der Waals surface area contributed by atoms with Gasteiger partial charge in [0.25, 0.3) is 0 Å². The normalized spacial score (nSPS) is 30.8. The zero-order chi connectivity index (χ0) is 15.6. The summed E-state index contributed by atoms with van der Waals surface area (Å²) in [6, 6.07) is 6.48. The number of Topliss-reactive ketones (excluding diaryl/α,β-unsaturated/α-hetero) is 1. The van der Waals surface area contributed by atoms with Gasteiger partial charge in [-0.25, -0.2) is 0 Å². The molecule has 0 aliphatic heterocycles. The molecule has 2 heteroatoms. The average Bonchev–Trinajstić information content (AvgIpc) is 2.42. The van der Waals surface area contributed by atoms with Crippen molar-refractivity contribution in [1.82, 2.24) is 0 Å². The topological polar surface area (TPSA) is 26.3 Å². The first-order valence-corrected chi connectivity index (χ1v) is 7.98. The SMILES string of the molecule is COC.Cc1ccc2c(c1)C(=O)CC1[C@@H](C)CCC[C@]21C. The smallest absolute Gasteiger partial charge is 0.163 e. The molecule has 1 unspecified atom stereocenters. The second kappa shape index (κ2) is 6.31. The first kappa shape index (κ1) is 16.2. The molecule has 2 nitrogen and oxygen atoms in total. The molecular formula is C19H28O2. The van der Waals surface area contributed by atoms with Crippen molar-refractivity contribution in [2.75, 3.05) is 14.2 Å². The fourth-order valence-electron chi connectivity index (χ4n) is 4.26. The summed E-state index contributed by atoms with van der Waals surface area (Å²) in [4.78, 5) is 12.4. The maximum Gasteiger partial charge on any atom is 0.163 e. The fourth-order valence-corrected chi connectivity index (χ4v) is 4.26. The van der Waals surface area contributed by atoms with E-state index < -0.39 is 0 Å². The van der Waals surface area contributed by atoms with Crippen LogP contribution >= 0.6 is 0 Å². The van der Waals surface area contributed by atoms with E-state index in [0.717, 1.165) is 12.0 Å². The number of aryl methyl sites for hydroxylation is 1. The molecule has 1 aromatic rings. The Bertz CT molecular complexity index is 520. The number of methoxy groups -OCH3 is 1. The van der Waals surface area contributed by atoms with E-state index in [4.69, 9.17) is 0 Å². The summed E-state index contributed by atoms with van der Waals surface area (Å²) in [7, 11) is 3.25. The predicted molar refractivity (Wildman–Crippen MR) is 86.9 cm³/mol. The van der Waals surface area contributed by atoms with Gasteiger partial charge in [-0.3, -0.25) is 4.79 Å². The number of hydrogen-bond donors (Lipinski definition) is 0. The number of carbonyl (C=O) groups is 1. The summed E-state index contributed by atoms with van der Waals surface area (Å²) in [6.45, 7) is 6.79. The van der Waals surface area contributed by atoms with Crippen molar-refractivity contribution in [3.63, 3.8) is 0 Å². The number of rotatable bonds is 0. The molecular weight excluding hydrogens is 260 g/mol. The first-order chi connectivity index (χ1) is 9.93. The van der Waals surface area contributed by atoms with Crippen LogP contribution in [0.1, 0.15) is 61.0 Å². The summed E-state index contributed by atoms with van der Waals surface area (Å²) in [6.07, 6.45) is 4.59. The second-order valence-electron chi connectivity index (χ2n) is 6.98. The van der Waals surface area contributed by atoms with Crippen molar-refractivity contribution in [1.29, 1.82) is 0 Å². The van der Waals surface area contributed by atoms with Crippen LogP contribution in [-0.2, 0) is 10.2 Å². The maximum atomic E-state index is 12.4. The van der Waals surface area contributed by atoms with Gasteiger partial charge in [-0.1, -0.05) is 44.4 Å². The minimum atomic E-state index is 0.231. The maximum absolute atomic E-state index is 12.4. The van der Waals surface area contributed by atoms with Crippen molar-refractivity contribution in [3.8, 4) is 0 Å². The number of carbonyl (C=O) groups excluding carboxylic acids is 1.